The molecule has 0 fully saturated rings. The van der Waals surface area contributed by atoms with Crippen molar-refractivity contribution in [3.63, 3.8) is 0 Å². The molecule has 0 aliphatic carbocycles. The maximum absolute atomic E-state index is 5.62. The molecule has 0 spiro atoms. The second-order valence-electron chi connectivity index (χ2n) is 4.38. The Bertz CT molecular complexity index is 528. The molecule has 0 heterocycles. The summed E-state index contributed by atoms with van der Waals surface area (Å²) in [6, 6.07) is 15.9. The van der Waals surface area contributed by atoms with Crippen LogP contribution in [-0.4, -0.2) is 13.2 Å². The topological polar surface area (TPSA) is 44.5 Å². The van der Waals surface area contributed by atoms with Crippen LogP contribution in [0.4, 0.5) is 0 Å². The molecule has 3 nitrogen and oxygen atoms in total. The molecule has 0 radical (unpaired) electrons. The van der Waals surface area contributed by atoms with Crippen LogP contribution < -0.4 is 10.5 Å². The number of halogens is 1. The molecule has 0 aliphatic rings. The number of hydrogen-bond donors (Lipinski definition) is 1. The zero-order valence-corrected chi connectivity index (χ0v) is 12.8. The Balaban J connectivity index is 1.67. The van der Waals surface area contributed by atoms with Crippen LogP contribution in [0, 0.1) is 0 Å². The third kappa shape index (κ3) is 4.96. The number of ether oxygens (including phenoxy) is 2. The number of hydrogen-bond acceptors (Lipinski definition) is 3. The summed E-state index contributed by atoms with van der Waals surface area (Å²) >= 11 is 3.41. The highest BCUT2D eigenvalue weighted by Crippen LogP contribution is 2.13. The van der Waals surface area contributed by atoms with E-state index in [1.54, 1.807) is 0 Å². The van der Waals surface area contributed by atoms with Crippen molar-refractivity contribution in [2.75, 3.05) is 13.2 Å². The number of benzene rings is 2. The third-order valence-electron chi connectivity index (χ3n) is 2.81. The number of nitrogens with two attached hydrogens (primary N) is 1. The summed E-state index contributed by atoms with van der Waals surface area (Å²) in [5.41, 5.74) is 7.81. The summed E-state index contributed by atoms with van der Waals surface area (Å²) in [6.07, 6.45) is 0. The van der Waals surface area contributed by atoms with E-state index in [4.69, 9.17) is 15.2 Å². The first kappa shape index (κ1) is 15.0. The Morgan fingerprint density at radius 3 is 2.50 bits per heavy atom. The average molecular weight is 336 g/mol. The molecule has 2 N–H and O–H groups in total. The Kier molecular flexibility index (Phi) is 6.05. The summed E-state index contributed by atoms with van der Waals surface area (Å²) in [5, 5.41) is 0. The van der Waals surface area contributed by atoms with Gasteiger partial charge in [-0.25, -0.2) is 0 Å². The maximum atomic E-state index is 5.62. The van der Waals surface area contributed by atoms with Crippen LogP contribution in [0.3, 0.4) is 0 Å². The van der Waals surface area contributed by atoms with Gasteiger partial charge in [0.15, 0.2) is 0 Å². The van der Waals surface area contributed by atoms with E-state index in [1.165, 1.54) is 0 Å². The molecule has 106 valence electrons. The van der Waals surface area contributed by atoms with Gasteiger partial charge >= 0.3 is 0 Å². The molecule has 4 heteroatoms. The van der Waals surface area contributed by atoms with Crippen LogP contribution >= 0.6 is 15.9 Å². The van der Waals surface area contributed by atoms with Crippen LogP contribution in [0.5, 0.6) is 5.75 Å². The molecule has 2 aromatic carbocycles. The van der Waals surface area contributed by atoms with Crippen LogP contribution in [0.15, 0.2) is 53.0 Å². The van der Waals surface area contributed by atoms with E-state index in [0.717, 1.165) is 21.3 Å². The Labute approximate surface area is 127 Å². The van der Waals surface area contributed by atoms with Gasteiger partial charge in [-0.05, 0) is 35.4 Å². The van der Waals surface area contributed by atoms with E-state index in [2.05, 4.69) is 15.9 Å². The van der Waals surface area contributed by atoms with Gasteiger partial charge in [0.2, 0.25) is 0 Å². The molecule has 0 saturated heterocycles. The van der Waals surface area contributed by atoms with E-state index in [0.29, 0.717) is 26.4 Å². The van der Waals surface area contributed by atoms with Crippen molar-refractivity contribution >= 4 is 15.9 Å². The summed E-state index contributed by atoms with van der Waals surface area (Å²) < 4.78 is 12.3. The van der Waals surface area contributed by atoms with Gasteiger partial charge < -0.3 is 15.2 Å². The quantitative estimate of drug-likeness (QED) is 0.787. The van der Waals surface area contributed by atoms with Crippen LogP contribution in [0.2, 0.25) is 0 Å². The average Bonchev–Trinajstić information content (AvgIpc) is 2.49. The molecule has 2 aromatic rings. The largest absolute Gasteiger partial charge is 0.491 e. The minimum Gasteiger partial charge on any atom is -0.491 e. The Morgan fingerprint density at radius 1 is 0.950 bits per heavy atom. The molecule has 0 atom stereocenters. The minimum atomic E-state index is 0.525. The van der Waals surface area contributed by atoms with Crippen LogP contribution in [0.1, 0.15) is 11.1 Å². The number of rotatable bonds is 7. The maximum Gasteiger partial charge on any atom is 0.119 e. The molecule has 0 amide bonds. The first-order valence-electron chi connectivity index (χ1n) is 6.52. The SMILES string of the molecule is NCc1cccc(OCCOCc2ccc(Br)cc2)c1. The highest BCUT2D eigenvalue weighted by atomic mass is 79.9. The third-order valence-corrected chi connectivity index (χ3v) is 3.34. The fourth-order valence-corrected chi connectivity index (χ4v) is 2.02. The molecule has 2 rings (SSSR count). The second-order valence-corrected chi connectivity index (χ2v) is 5.29. The van der Waals surface area contributed by atoms with E-state index >= 15 is 0 Å². The molecular formula is C16H18BrNO2. The monoisotopic (exact) mass is 335 g/mol. The normalized spacial score (nSPS) is 10.5. The van der Waals surface area contributed by atoms with E-state index < -0.39 is 0 Å². The van der Waals surface area contributed by atoms with E-state index in [1.807, 2.05) is 48.5 Å². The lowest BCUT2D eigenvalue weighted by Gasteiger charge is -2.08. The fraction of sp³-hybridized carbons (Fsp3) is 0.250. The van der Waals surface area contributed by atoms with Gasteiger partial charge in [-0.15, -0.1) is 0 Å². The summed E-state index contributed by atoms with van der Waals surface area (Å²) in [6.45, 7) is 2.21. The lowest BCUT2D eigenvalue weighted by molar-refractivity contribution is 0.0889. The van der Waals surface area contributed by atoms with Crippen molar-refractivity contribution in [2.45, 2.75) is 13.2 Å². The van der Waals surface area contributed by atoms with E-state index in [-0.39, 0.29) is 0 Å². The highest BCUT2D eigenvalue weighted by Gasteiger charge is 1.97. The molecule has 0 bridgehead atoms. The molecule has 20 heavy (non-hydrogen) atoms. The van der Waals surface area contributed by atoms with Crippen molar-refractivity contribution in [2.24, 2.45) is 5.73 Å². The predicted octanol–water partition coefficient (Wildman–Crippen LogP) is 3.50. The van der Waals surface area contributed by atoms with Crippen molar-refractivity contribution in [3.05, 3.63) is 64.1 Å². The Morgan fingerprint density at radius 2 is 1.75 bits per heavy atom. The van der Waals surface area contributed by atoms with Gasteiger partial charge in [-0.1, -0.05) is 40.2 Å². The van der Waals surface area contributed by atoms with Crippen LogP contribution in [-0.2, 0) is 17.9 Å². The van der Waals surface area contributed by atoms with Crippen LogP contribution in [0.25, 0.3) is 0 Å². The molecule has 0 unspecified atom stereocenters. The van der Waals surface area contributed by atoms with Crippen molar-refractivity contribution in [1.82, 2.24) is 0 Å². The highest BCUT2D eigenvalue weighted by molar-refractivity contribution is 9.10. The fourth-order valence-electron chi connectivity index (χ4n) is 1.75. The Hall–Kier alpha value is -1.36. The zero-order chi connectivity index (χ0) is 14.2. The van der Waals surface area contributed by atoms with Gasteiger partial charge in [0, 0.05) is 11.0 Å². The van der Waals surface area contributed by atoms with Gasteiger partial charge in [0.05, 0.1) is 13.2 Å². The predicted molar refractivity (Wildman–Crippen MR) is 83.6 cm³/mol. The first-order chi connectivity index (χ1) is 9.78. The van der Waals surface area contributed by atoms with Gasteiger partial charge in [-0.2, -0.15) is 0 Å². The van der Waals surface area contributed by atoms with E-state index in [9.17, 15) is 0 Å². The molecule has 0 aliphatic heterocycles. The second kappa shape index (κ2) is 8.04. The molecule has 0 aromatic heterocycles. The zero-order valence-electron chi connectivity index (χ0n) is 11.2. The van der Waals surface area contributed by atoms with Crippen molar-refractivity contribution in [3.8, 4) is 5.75 Å². The molecule has 0 saturated carbocycles. The smallest absolute Gasteiger partial charge is 0.119 e. The lowest BCUT2D eigenvalue weighted by atomic mass is 10.2. The first-order valence-corrected chi connectivity index (χ1v) is 7.31. The van der Waals surface area contributed by atoms with Gasteiger partial charge in [0.25, 0.3) is 0 Å². The standard InChI is InChI=1S/C16H18BrNO2/c17-15-6-4-13(5-7-15)12-19-8-9-20-16-3-1-2-14(10-16)11-18/h1-7,10H,8-9,11-12,18H2. The van der Waals surface area contributed by atoms with Crippen molar-refractivity contribution < 1.29 is 9.47 Å². The minimum absolute atomic E-state index is 0.525. The summed E-state index contributed by atoms with van der Waals surface area (Å²) in [5.74, 6) is 0.834. The lowest BCUT2D eigenvalue weighted by Crippen LogP contribution is -2.07. The summed E-state index contributed by atoms with van der Waals surface area (Å²) in [4.78, 5) is 0. The molecular weight excluding hydrogens is 318 g/mol. The summed E-state index contributed by atoms with van der Waals surface area (Å²) in [7, 11) is 0. The van der Waals surface area contributed by atoms with Gasteiger partial charge in [0.1, 0.15) is 12.4 Å². The van der Waals surface area contributed by atoms with Gasteiger partial charge in [-0.3, -0.25) is 0 Å². The van der Waals surface area contributed by atoms with Crippen molar-refractivity contribution in [1.29, 1.82) is 0 Å².